The number of sulfone groups is 1. The monoisotopic (exact) mass is 632 g/mol. The number of alkyl halides is 5. The summed E-state index contributed by atoms with van der Waals surface area (Å²) in [6.45, 7) is 0. The van der Waals surface area contributed by atoms with Crippen molar-refractivity contribution in [3.8, 4) is 45.1 Å². The van der Waals surface area contributed by atoms with E-state index in [4.69, 9.17) is 5.73 Å². The molecule has 10 nitrogen and oxygen atoms in total. The van der Waals surface area contributed by atoms with E-state index in [0.717, 1.165) is 29.1 Å². The lowest BCUT2D eigenvalue weighted by molar-refractivity contribution is -0.274. The average molecular weight is 633 g/mol. The van der Waals surface area contributed by atoms with Gasteiger partial charge in [0.15, 0.2) is 9.84 Å². The Morgan fingerprint density at radius 1 is 0.886 bits per heavy atom. The van der Waals surface area contributed by atoms with Crippen molar-refractivity contribution in [2.24, 2.45) is 12.8 Å². The molecule has 2 aromatic heterocycles. The Morgan fingerprint density at radius 3 is 2.18 bits per heavy atom. The van der Waals surface area contributed by atoms with E-state index in [1.54, 1.807) is 30.3 Å². The second kappa shape index (κ2) is 10.9. The van der Waals surface area contributed by atoms with Crippen molar-refractivity contribution < 1.29 is 39.9 Å². The molecule has 0 fully saturated rings. The van der Waals surface area contributed by atoms with Crippen molar-refractivity contribution in [1.82, 2.24) is 24.8 Å². The van der Waals surface area contributed by atoms with Gasteiger partial charge in [-0.1, -0.05) is 29.5 Å². The molecule has 0 unspecified atom stereocenters. The van der Waals surface area contributed by atoms with Crippen LogP contribution in [0.1, 0.15) is 5.69 Å². The molecule has 0 aliphatic rings. The number of halogens is 5. The first-order valence-corrected chi connectivity index (χ1v) is 14.4. The van der Waals surface area contributed by atoms with Crippen LogP contribution in [0.3, 0.4) is 0 Å². The number of primary amides is 1. The molecule has 0 aliphatic heterocycles. The minimum atomic E-state index is -4.89. The van der Waals surface area contributed by atoms with E-state index < -0.39 is 39.5 Å². The number of hydrogen-bond acceptors (Lipinski definition) is 7. The van der Waals surface area contributed by atoms with Gasteiger partial charge in [0.2, 0.25) is 0 Å². The van der Waals surface area contributed by atoms with Crippen LogP contribution in [-0.4, -0.2) is 51.7 Å². The van der Waals surface area contributed by atoms with Gasteiger partial charge in [-0.05, 0) is 59.7 Å². The third-order valence-electron chi connectivity index (χ3n) is 6.54. The van der Waals surface area contributed by atoms with Crippen LogP contribution in [0.5, 0.6) is 5.75 Å². The predicted molar refractivity (Wildman–Crippen MR) is 147 cm³/mol. The van der Waals surface area contributed by atoms with E-state index in [9.17, 15) is 35.2 Å². The molecule has 0 atom stereocenters. The highest BCUT2D eigenvalue weighted by atomic mass is 32.2. The van der Waals surface area contributed by atoms with Crippen LogP contribution in [0.25, 0.3) is 39.3 Å². The van der Waals surface area contributed by atoms with Gasteiger partial charge in [-0.2, -0.15) is 13.9 Å². The van der Waals surface area contributed by atoms with Crippen molar-refractivity contribution in [1.29, 1.82) is 0 Å². The van der Waals surface area contributed by atoms with Crippen molar-refractivity contribution >= 4 is 15.7 Å². The molecular weight excluding hydrogens is 611 g/mol. The molecule has 3 aromatic carbocycles. The first-order valence-electron chi connectivity index (χ1n) is 12.5. The quantitative estimate of drug-likeness (QED) is 0.241. The lowest BCUT2D eigenvalue weighted by Gasteiger charge is -2.15. The number of nitrogens with zero attached hydrogens (tertiary/aromatic N) is 5. The van der Waals surface area contributed by atoms with Crippen LogP contribution < -0.4 is 10.5 Å². The molecule has 2 heterocycles. The number of carbonyl (C=O) groups is 1. The van der Waals surface area contributed by atoms with Gasteiger partial charge in [0.25, 0.3) is 5.91 Å². The Kier molecular flexibility index (Phi) is 7.49. The Balaban J connectivity index is 1.70. The zero-order valence-electron chi connectivity index (χ0n) is 22.8. The number of amides is 1. The maximum Gasteiger partial charge on any atom is 0.573 e. The van der Waals surface area contributed by atoms with Gasteiger partial charge < -0.3 is 10.5 Å². The van der Waals surface area contributed by atoms with Gasteiger partial charge in [-0.15, -0.1) is 18.3 Å². The molecule has 0 aliphatic carbocycles. The van der Waals surface area contributed by atoms with E-state index in [2.05, 4.69) is 20.1 Å². The number of ether oxygens (including phenoxy) is 1. The third kappa shape index (κ3) is 6.01. The van der Waals surface area contributed by atoms with Gasteiger partial charge in [-0.3, -0.25) is 9.48 Å². The molecule has 0 bridgehead atoms. The Bertz CT molecular complexity index is 1990. The summed E-state index contributed by atoms with van der Waals surface area (Å²) in [6.07, 6.45) is -2.48. The molecule has 0 spiro atoms. The molecule has 44 heavy (non-hydrogen) atoms. The summed E-state index contributed by atoms with van der Waals surface area (Å²) in [6, 6.07) is 16.8. The molecule has 228 valence electrons. The zero-order chi connectivity index (χ0) is 32.0. The molecule has 5 aromatic rings. The average Bonchev–Trinajstić information content (AvgIpc) is 3.59. The maximum atomic E-state index is 14.5. The summed E-state index contributed by atoms with van der Waals surface area (Å²) >= 11 is 0. The van der Waals surface area contributed by atoms with Gasteiger partial charge >= 0.3 is 12.3 Å². The number of benzene rings is 3. The second-order valence-electron chi connectivity index (χ2n) is 9.61. The van der Waals surface area contributed by atoms with Crippen LogP contribution in [0.2, 0.25) is 0 Å². The third-order valence-corrected chi connectivity index (χ3v) is 7.65. The lowest BCUT2D eigenvalue weighted by Crippen LogP contribution is -2.33. The smallest absolute Gasteiger partial charge is 0.406 e. The Hall–Kier alpha value is -5.12. The normalized spacial score (nSPS) is 12.3. The van der Waals surface area contributed by atoms with Crippen molar-refractivity contribution in [3.05, 3.63) is 84.7 Å². The number of aromatic nitrogens is 5. The van der Waals surface area contributed by atoms with E-state index in [1.165, 1.54) is 42.2 Å². The number of aryl methyl sites for hydroxylation is 1. The minimum Gasteiger partial charge on any atom is -0.406 e. The van der Waals surface area contributed by atoms with E-state index >= 15 is 0 Å². The maximum absolute atomic E-state index is 14.5. The van der Waals surface area contributed by atoms with E-state index in [-0.39, 0.29) is 16.3 Å². The minimum absolute atomic E-state index is 0.0631. The van der Waals surface area contributed by atoms with Crippen LogP contribution in [0, 0.1) is 0 Å². The molecule has 0 saturated heterocycles. The van der Waals surface area contributed by atoms with Gasteiger partial charge in [0.05, 0.1) is 28.2 Å². The van der Waals surface area contributed by atoms with Crippen molar-refractivity contribution in [2.75, 3.05) is 6.26 Å². The molecular formula is C28H21F5N6O4S. The summed E-state index contributed by atoms with van der Waals surface area (Å²) in [7, 11) is -2.17. The highest BCUT2D eigenvalue weighted by Gasteiger charge is 2.42. The van der Waals surface area contributed by atoms with E-state index in [1.807, 2.05) is 0 Å². The summed E-state index contributed by atoms with van der Waals surface area (Å²) < 4.78 is 97.7. The molecule has 0 saturated carbocycles. The fraction of sp³-hybridized carbons (Fsp3) is 0.143. The van der Waals surface area contributed by atoms with Crippen molar-refractivity contribution in [2.45, 2.75) is 17.2 Å². The van der Waals surface area contributed by atoms with Gasteiger partial charge in [0.1, 0.15) is 11.4 Å². The largest absolute Gasteiger partial charge is 0.573 e. The Labute approximate surface area is 246 Å². The van der Waals surface area contributed by atoms with Crippen LogP contribution in [0.15, 0.2) is 83.9 Å². The fourth-order valence-corrected chi connectivity index (χ4v) is 5.11. The number of carbonyl (C=O) groups excluding carboxylic acids is 1. The molecule has 1 amide bonds. The first kappa shape index (κ1) is 30.3. The van der Waals surface area contributed by atoms with Gasteiger partial charge in [0, 0.05) is 24.4 Å². The fourth-order valence-electron chi connectivity index (χ4n) is 4.45. The first-order chi connectivity index (χ1) is 20.5. The Morgan fingerprint density at radius 2 is 1.55 bits per heavy atom. The zero-order valence-corrected chi connectivity index (χ0v) is 23.6. The molecule has 16 heteroatoms. The predicted octanol–water partition coefficient (Wildman–Crippen LogP) is 4.88. The highest BCUT2D eigenvalue weighted by molar-refractivity contribution is 7.90. The number of nitrogens with two attached hydrogens (primary N) is 1. The molecule has 0 radical (unpaired) electrons. The van der Waals surface area contributed by atoms with E-state index in [0.29, 0.717) is 27.9 Å². The lowest BCUT2D eigenvalue weighted by atomic mass is 10.00. The standard InChI is InChI=1S/C28H21F5N6O4S/c1-38-22(14-25(36-38)27(29,30)26(34)40)21-11-8-18(17-4-3-5-20(12-17)44(2,41)42)13-23(21)39-24(15-35-37-39)16-6-9-19(10-7-16)43-28(31,32)33/h3-15H,1-2H3,(H2,34,40). The second-order valence-corrected chi connectivity index (χ2v) is 11.6. The summed E-state index contributed by atoms with van der Waals surface area (Å²) in [5.74, 6) is -6.41. The SMILES string of the molecule is Cn1nc(C(F)(F)C(N)=O)cc1-c1ccc(-c2cccc(S(C)(=O)=O)c2)cc1-n1nncc1-c1ccc(OC(F)(F)F)cc1. The van der Waals surface area contributed by atoms with Crippen molar-refractivity contribution in [3.63, 3.8) is 0 Å². The molecule has 5 rings (SSSR count). The number of rotatable bonds is 8. The topological polar surface area (TPSA) is 135 Å². The molecule has 2 N–H and O–H groups in total. The number of hydrogen-bond donors (Lipinski definition) is 1. The summed E-state index contributed by atoms with van der Waals surface area (Å²) in [5.41, 5.74) is 6.37. The van der Waals surface area contributed by atoms with Gasteiger partial charge in [-0.25, -0.2) is 13.1 Å². The highest BCUT2D eigenvalue weighted by Crippen LogP contribution is 2.37. The summed E-state index contributed by atoms with van der Waals surface area (Å²) in [5, 5.41) is 11.9. The van der Waals surface area contributed by atoms with Crippen LogP contribution >= 0.6 is 0 Å². The van der Waals surface area contributed by atoms with Crippen LogP contribution in [-0.2, 0) is 27.6 Å². The van der Waals surface area contributed by atoms with Crippen LogP contribution in [0.4, 0.5) is 22.0 Å². The summed E-state index contributed by atoms with van der Waals surface area (Å²) in [4.78, 5) is 11.5.